The molecule has 0 radical (unpaired) electrons. The van der Waals surface area contributed by atoms with Gasteiger partial charge in [-0.15, -0.1) is 0 Å². The topological polar surface area (TPSA) is 58.0 Å². The number of aliphatic hydroxyl groups excluding tert-OH is 1. The van der Waals surface area contributed by atoms with Crippen molar-refractivity contribution in [2.45, 2.75) is 25.4 Å². The van der Waals surface area contributed by atoms with Gasteiger partial charge in [-0.2, -0.15) is 8.75 Å². The van der Waals surface area contributed by atoms with Crippen molar-refractivity contribution in [3.05, 3.63) is 5.15 Å². The zero-order chi connectivity index (χ0) is 9.97. The van der Waals surface area contributed by atoms with E-state index in [-0.39, 0.29) is 6.10 Å². The molecule has 78 valence electrons. The van der Waals surface area contributed by atoms with Crippen LogP contribution < -0.4 is 5.32 Å². The molecule has 2 rings (SSSR count). The van der Waals surface area contributed by atoms with E-state index in [4.69, 9.17) is 11.6 Å². The predicted molar refractivity (Wildman–Crippen MR) is 56.8 cm³/mol. The second-order valence-corrected chi connectivity index (χ2v) is 4.50. The first kappa shape index (κ1) is 10.1. The summed E-state index contributed by atoms with van der Waals surface area (Å²) in [6.07, 6.45) is 2.74. The van der Waals surface area contributed by atoms with Crippen LogP contribution in [0.25, 0.3) is 0 Å². The Kier molecular flexibility index (Phi) is 3.20. The minimum absolute atomic E-state index is 0.120. The molecule has 0 bridgehead atoms. The van der Waals surface area contributed by atoms with E-state index < -0.39 is 0 Å². The van der Waals surface area contributed by atoms with Crippen molar-refractivity contribution in [2.24, 2.45) is 5.92 Å². The van der Waals surface area contributed by atoms with Crippen LogP contribution in [0.15, 0.2) is 0 Å². The monoisotopic (exact) mass is 233 g/mol. The maximum Gasteiger partial charge on any atom is 0.186 e. The third-order valence-electron chi connectivity index (χ3n) is 2.52. The quantitative estimate of drug-likeness (QED) is 0.836. The van der Waals surface area contributed by atoms with Crippen LogP contribution >= 0.6 is 23.3 Å². The average Bonchev–Trinajstić information content (AvgIpc) is 2.72. The first-order valence-electron chi connectivity index (χ1n) is 4.65. The van der Waals surface area contributed by atoms with Crippen LogP contribution in [0.4, 0.5) is 5.82 Å². The molecule has 1 saturated carbocycles. The number of hydrogen-bond donors (Lipinski definition) is 2. The van der Waals surface area contributed by atoms with Gasteiger partial charge in [-0.05, 0) is 25.2 Å². The number of aliphatic hydroxyl groups is 1. The first-order valence-corrected chi connectivity index (χ1v) is 5.76. The van der Waals surface area contributed by atoms with Crippen LogP contribution in [0, 0.1) is 5.92 Å². The van der Waals surface area contributed by atoms with Crippen molar-refractivity contribution in [3.63, 3.8) is 0 Å². The molecule has 1 aromatic rings. The summed E-state index contributed by atoms with van der Waals surface area (Å²) in [7, 11) is 0. The van der Waals surface area contributed by atoms with Crippen molar-refractivity contribution in [3.8, 4) is 0 Å². The van der Waals surface area contributed by atoms with Crippen LogP contribution in [0.2, 0.25) is 5.15 Å². The highest BCUT2D eigenvalue weighted by Crippen LogP contribution is 2.26. The highest BCUT2D eigenvalue weighted by molar-refractivity contribution is 6.99. The maximum absolute atomic E-state index is 9.33. The highest BCUT2D eigenvalue weighted by atomic mass is 35.5. The summed E-state index contributed by atoms with van der Waals surface area (Å²) in [5.41, 5.74) is 0. The van der Waals surface area contributed by atoms with Crippen LogP contribution in [-0.4, -0.2) is 26.5 Å². The minimum atomic E-state index is -0.120. The fourth-order valence-electron chi connectivity index (χ4n) is 1.76. The van der Waals surface area contributed by atoms with Crippen molar-refractivity contribution in [2.75, 3.05) is 11.9 Å². The summed E-state index contributed by atoms with van der Waals surface area (Å²) >= 11 is 6.88. The molecule has 14 heavy (non-hydrogen) atoms. The van der Waals surface area contributed by atoms with Crippen LogP contribution in [0.3, 0.4) is 0 Å². The molecule has 0 spiro atoms. The summed E-state index contributed by atoms with van der Waals surface area (Å²) in [6.45, 7) is 0.822. The average molecular weight is 234 g/mol. The van der Waals surface area contributed by atoms with E-state index in [9.17, 15) is 5.11 Å². The van der Waals surface area contributed by atoms with Crippen molar-refractivity contribution in [1.29, 1.82) is 0 Å². The van der Waals surface area contributed by atoms with Gasteiger partial charge in [0.15, 0.2) is 11.0 Å². The molecule has 0 aromatic carbocycles. The summed E-state index contributed by atoms with van der Waals surface area (Å²) in [4.78, 5) is 0. The second-order valence-electron chi connectivity index (χ2n) is 3.62. The van der Waals surface area contributed by atoms with Gasteiger partial charge < -0.3 is 10.4 Å². The molecule has 2 atom stereocenters. The standard InChI is InChI=1S/C8H12ClN3OS/c9-7-8(12-14-11-7)10-4-5-1-2-6(13)3-5/h5-6,13H,1-4H2,(H,10,12). The van der Waals surface area contributed by atoms with Gasteiger partial charge in [0.2, 0.25) is 0 Å². The molecule has 6 heteroatoms. The SMILES string of the molecule is OC1CCC(CNc2nsnc2Cl)C1. The number of halogens is 1. The Labute approximate surface area is 91.6 Å². The van der Waals surface area contributed by atoms with Crippen LogP contribution in [0.1, 0.15) is 19.3 Å². The zero-order valence-electron chi connectivity index (χ0n) is 7.61. The summed E-state index contributed by atoms with van der Waals surface area (Å²) in [6, 6.07) is 0. The maximum atomic E-state index is 9.33. The second kappa shape index (κ2) is 4.42. The van der Waals surface area contributed by atoms with E-state index in [0.29, 0.717) is 16.9 Å². The number of rotatable bonds is 3. The third kappa shape index (κ3) is 2.34. The van der Waals surface area contributed by atoms with Gasteiger partial charge in [-0.25, -0.2) is 0 Å². The summed E-state index contributed by atoms with van der Waals surface area (Å²) in [5.74, 6) is 1.20. The van der Waals surface area contributed by atoms with E-state index in [1.165, 1.54) is 0 Å². The molecule has 1 aliphatic carbocycles. The van der Waals surface area contributed by atoms with Gasteiger partial charge in [0.25, 0.3) is 0 Å². The van der Waals surface area contributed by atoms with Gasteiger partial charge >= 0.3 is 0 Å². The molecular formula is C8H12ClN3OS. The molecule has 1 aliphatic rings. The lowest BCUT2D eigenvalue weighted by Gasteiger charge is -2.09. The highest BCUT2D eigenvalue weighted by Gasteiger charge is 2.22. The van der Waals surface area contributed by atoms with E-state index in [1.54, 1.807) is 0 Å². The Bertz CT molecular complexity index is 307. The smallest absolute Gasteiger partial charge is 0.186 e. The molecule has 1 heterocycles. The Balaban J connectivity index is 1.80. The van der Waals surface area contributed by atoms with Gasteiger partial charge in [0.1, 0.15) is 0 Å². The number of hydrogen-bond acceptors (Lipinski definition) is 5. The predicted octanol–water partition coefficient (Wildman–Crippen LogP) is 1.76. The van der Waals surface area contributed by atoms with Crippen molar-refractivity contribution in [1.82, 2.24) is 8.75 Å². The first-order chi connectivity index (χ1) is 6.75. The Hall–Kier alpha value is -0.390. The number of nitrogens with zero attached hydrogens (tertiary/aromatic N) is 2. The van der Waals surface area contributed by atoms with Gasteiger partial charge in [-0.3, -0.25) is 0 Å². The zero-order valence-corrected chi connectivity index (χ0v) is 9.18. The lowest BCUT2D eigenvalue weighted by Crippen LogP contribution is -2.12. The van der Waals surface area contributed by atoms with E-state index in [2.05, 4.69) is 14.1 Å². The number of nitrogens with one attached hydrogen (secondary N) is 1. The fraction of sp³-hybridized carbons (Fsp3) is 0.750. The van der Waals surface area contributed by atoms with Gasteiger partial charge in [0.05, 0.1) is 17.8 Å². The minimum Gasteiger partial charge on any atom is -0.393 e. The molecule has 2 unspecified atom stereocenters. The Morgan fingerprint density at radius 2 is 2.36 bits per heavy atom. The summed E-state index contributed by atoms with van der Waals surface area (Å²) < 4.78 is 7.88. The van der Waals surface area contributed by atoms with Crippen LogP contribution in [0.5, 0.6) is 0 Å². The molecule has 0 aliphatic heterocycles. The molecule has 1 aromatic heterocycles. The molecule has 0 amide bonds. The number of anilines is 1. The Morgan fingerprint density at radius 3 is 2.93 bits per heavy atom. The van der Waals surface area contributed by atoms with E-state index >= 15 is 0 Å². The lowest BCUT2D eigenvalue weighted by atomic mass is 10.1. The summed E-state index contributed by atoms with van der Waals surface area (Å²) in [5, 5.41) is 12.9. The van der Waals surface area contributed by atoms with Crippen LogP contribution in [-0.2, 0) is 0 Å². The third-order valence-corrected chi connectivity index (χ3v) is 3.41. The number of aromatic nitrogens is 2. The van der Waals surface area contributed by atoms with E-state index in [0.717, 1.165) is 37.5 Å². The Morgan fingerprint density at radius 1 is 1.50 bits per heavy atom. The van der Waals surface area contributed by atoms with Crippen molar-refractivity contribution >= 4 is 29.1 Å². The largest absolute Gasteiger partial charge is 0.393 e. The lowest BCUT2D eigenvalue weighted by molar-refractivity contribution is 0.178. The van der Waals surface area contributed by atoms with E-state index in [1.807, 2.05) is 0 Å². The molecule has 1 fully saturated rings. The normalized spacial score (nSPS) is 26.7. The molecule has 2 N–H and O–H groups in total. The molecule has 0 saturated heterocycles. The van der Waals surface area contributed by atoms with Gasteiger partial charge in [-0.1, -0.05) is 11.6 Å². The molecule has 4 nitrogen and oxygen atoms in total. The van der Waals surface area contributed by atoms with Crippen molar-refractivity contribution < 1.29 is 5.11 Å². The van der Waals surface area contributed by atoms with Gasteiger partial charge in [0, 0.05) is 6.54 Å². The fourth-order valence-corrected chi connectivity index (χ4v) is 2.44. The molecular weight excluding hydrogens is 222 g/mol.